The standard InChI is InChI=1S/C23H28N6O2/c1-16(2)27-10-12-28(13-11-27)23-25-21-15-17(7-9-29(21)26-23)22(30)24-19-8-14-31-20-6-4-3-5-18(19)20/h3-7,9,15-16,19H,8,10-14H2,1-2H3,(H,24,30)/t19-/m0/s1. The molecule has 31 heavy (non-hydrogen) atoms. The molecule has 1 N–H and O–H groups in total. The second kappa shape index (κ2) is 8.19. The average Bonchev–Trinajstić information content (AvgIpc) is 3.23. The molecule has 2 aliphatic rings. The number of nitrogens with zero attached hydrogens (tertiary/aromatic N) is 5. The third-order valence-electron chi connectivity index (χ3n) is 6.18. The molecule has 1 aromatic carbocycles. The summed E-state index contributed by atoms with van der Waals surface area (Å²) in [7, 11) is 0. The molecule has 2 aliphatic heterocycles. The third-order valence-corrected chi connectivity index (χ3v) is 6.18. The van der Waals surface area contributed by atoms with Gasteiger partial charge in [0.1, 0.15) is 5.75 Å². The lowest BCUT2D eigenvalue weighted by Crippen LogP contribution is -2.49. The van der Waals surface area contributed by atoms with Crippen LogP contribution in [0.1, 0.15) is 42.2 Å². The highest BCUT2D eigenvalue weighted by Gasteiger charge is 2.24. The number of hydrogen-bond donors (Lipinski definition) is 1. The Hall–Kier alpha value is -3.13. The highest BCUT2D eigenvalue weighted by molar-refractivity contribution is 5.95. The SMILES string of the molecule is CC(C)N1CCN(c2nc3cc(C(=O)N[C@H]4CCOc5ccccc54)ccn3n2)CC1. The maximum absolute atomic E-state index is 12.9. The van der Waals surface area contributed by atoms with Gasteiger partial charge in [-0.3, -0.25) is 9.69 Å². The molecule has 1 atom stereocenters. The van der Waals surface area contributed by atoms with E-state index < -0.39 is 0 Å². The molecule has 1 saturated heterocycles. The van der Waals surface area contributed by atoms with Crippen molar-refractivity contribution >= 4 is 17.5 Å². The number of carbonyl (C=O) groups is 1. The summed E-state index contributed by atoms with van der Waals surface area (Å²) < 4.78 is 7.44. The maximum Gasteiger partial charge on any atom is 0.251 e. The van der Waals surface area contributed by atoms with Gasteiger partial charge in [-0.1, -0.05) is 18.2 Å². The van der Waals surface area contributed by atoms with E-state index in [-0.39, 0.29) is 11.9 Å². The molecule has 3 aromatic rings. The smallest absolute Gasteiger partial charge is 0.251 e. The molecular formula is C23H28N6O2. The van der Waals surface area contributed by atoms with Crippen LogP contribution in [0.2, 0.25) is 0 Å². The first-order valence-electron chi connectivity index (χ1n) is 11.0. The van der Waals surface area contributed by atoms with Crippen molar-refractivity contribution in [3.63, 3.8) is 0 Å². The highest BCUT2D eigenvalue weighted by atomic mass is 16.5. The number of aromatic nitrogens is 3. The number of anilines is 1. The summed E-state index contributed by atoms with van der Waals surface area (Å²) >= 11 is 0. The lowest BCUT2D eigenvalue weighted by Gasteiger charge is -2.36. The molecule has 1 amide bonds. The number of hydrogen-bond acceptors (Lipinski definition) is 6. The van der Waals surface area contributed by atoms with Crippen LogP contribution in [-0.4, -0.2) is 64.2 Å². The van der Waals surface area contributed by atoms with Crippen molar-refractivity contribution in [1.82, 2.24) is 24.8 Å². The number of para-hydroxylation sites is 1. The van der Waals surface area contributed by atoms with Crippen LogP contribution in [0.3, 0.4) is 0 Å². The second-order valence-corrected chi connectivity index (χ2v) is 8.45. The van der Waals surface area contributed by atoms with E-state index >= 15 is 0 Å². The first-order chi connectivity index (χ1) is 15.1. The Morgan fingerprint density at radius 3 is 2.77 bits per heavy atom. The third kappa shape index (κ3) is 3.95. The first-order valence-corrected chi connectivity index (χ1v) is 11.0. The topological polar surface area (TPSA) is 75.0 Å². The van der Waals surface area contributed by atoms with Gasteiger partial charge in [0.05, 0.1) is 12.6 Å². The Morgan fingerprint density at radius 2 is 1.97 bits per heavy atom. The minimum absolute atomic E-state index is 0.0561. The molecule has 8 heteroatoms. The normalized spacial score (nSPS) is 19.3. The van der Waals surface area contributed by atoms with Gasteiger partial charge < -0.3 is 15.0 Å². The van der Waals surface area contributed by atoms with E-state index in [0.717, 1.165) is 49.9 Å². The Kier molecular flexibility index (Phi) is 5.23. The minimum Gasteiger partial charge on any atom is -0.493 e. The lowest BCUT2D eigenvalue weighted by molar-refractivity contribution is 0.0924. The van der Waals surface area contributed by atoms with Gasteiger partial charge in [0, 0.05) is 56.0 Å². The number of rotatable bonds is 4. The van der Waals surface area contributed by atoms with Crippen molar-refractivity contribution < 1.29 is 9.53 Å². The van der Waals surface area contributed by atoms with Crippen LogP contribution in [-0.2, 0) is 0 Å². The van der Waals surface area contributed by atoms with Crippen LogP contribution in [0, 0.1) is 0 Å². The van der Waals surface area contributed by atoms with Gasteiger partial charge in [-0.2, -0.15) is 4.98 Å². The van der Waals surface area contributed by atoms with Gasteiger partial charge >= 0.3 is 0 Å². The van der Waals surface area contributed by atoms with E-state index in [4.69, 9.17) is 9.72 Å². The minimum atomic E-state index is -0.112. The number of fused-ring (bicyclic) bond motifs is 2. The van der Waals surface area contributed by atoms with Crippen LogP contribution in [0.15, 0.2) is 42.6 Å². The molecule has 1 fully saturated rings. The largest absolute Gasteiger partial charge is 0.493 e. The average molecular weight is 421 g/mol. The molecule has 162 valence electrons. The van der Waals surface area contributed by atoms with Gasteiger partial charge in [0.25, 0.3) is 5.91 Å². The predicted octanol–water partition coefficient (Wildman–Crippen LogP) is 2.51. The molecule has 2 aromatic heterocycles. The number of amides is 1. The Labute approximate surface area is 181 Å². The van der Waals surface area contributed by atoms with E-state index in [1.54, 1.807) is 16.6 Å². The van der Waals surface area contributed by atoms with Crippen molar-refractivity contribution in [1.29, 1.82) is 0 Å². The summed E-state index contributed by atoms with van der Waals surface area (Å²) in [4.78, 5) is 22.3. The summed E-state index contributed by atoms with van der Waals surface area (Å²) in [5.74, 6) is 1.45. The maximum atomic E-state index is 12.9. The van der Waals surface area contributed by atoms with Crippen molar-refractivity contribution in [2.75, 3.05) is 37.7 Å². The Balaban J connectivity index is 1.31. The molecule has 0 bridgehead atoms. The fourth-order valence-electron chi connectivity index (χ4n) is 4.32. The number of nitrogens with one attached hydrogen (secondary N) is 1. The van der Waals surface area contributed by atoms with Crippen LogP contribution >= 0.6 is 0 Å². The van der Waals surface area contributed by atoms with Gasteiger partial charge in [0.2, 0.25) is 5.95 Å². The number of ether oxygens (including phenoxy) is 1. The summed E-state index contributed by atoms with van der Waals surface area (Å²) in [5, 5.41) is 7.77. The number of benzene rings is 1. The summed E-state index contributed by atoms with van der Waals surface area (Å²) in [5.41, 5.74) is 2.29. The molecular weight excluding hydrogens is 392 g/mol. The predicted molar refractivity (Wildman–Crippen MR) is 119 cm³/mol. The van der Waals surface area contributed by atoms with Crippen LogP contribution < -0.4 is 15.0 Å². The molecule has 0 saturated carbocycles. The molecule has 5 rings (SSSR count). The van der Waals surface area contributed by atoms with Gasteiger partial charge in [0.15, 0.2) is 5.65 Å². The molecule has 8 nitrogen and oxygen atoms in total. The van der Waals surface area contributed by atoms with E-state index in [2.05, 4.69) is 34.1 Å². The first kappa shape index (κ1) is 19.8. The summed E-state index contributed by atoms with van der Waals surface area (Å²) in [6.07, 6.45) is 2.56. The molecule has 4 heterocycles. The zero-order valence-corrected chi connectivity index (χ0v) is 18.0. The van der Waals surface area contributed by atoms with Gasteiger partial charge in [-0.05, 0) is 32.0 Å². The van der Waals surface area contributed by atoms with Crippen molar-refractivity contribution in [3.05, 3.63) is 53.7 Å². The quantitative estimate of drug-likeness (QED) is 0.699. The Bertz CT molecular complexity index is 1090. The van der Waals surface area contributed by atoms with E-state index in [0.29, 0.717) is 23.9 Å². The van der Waals surface area contributed by atoms with Crippen LogP contribution in [0.4, 0.5) is 5.95 Å². The fraction of sp³-hybridized carbons (Fsp3) is 0.435. The monoisotopic (exact) mass is 420 g/mol. The molecule has 0 unspecified atom stereocenters. The highest BCUT2D eigenvalue weighted by Crippen LogP contribution is 2.31. The number of piperazine rings is 1. The number of carbonyl (C=O) groups excluding carboxylic acids is 1. The van der Waals surface area contributed by atoms with Crippen LogP contribution in [0.25, 0.3) is 5.65 Å². The van der Waals surface area contributed by atoms with Crippen LogP contribution in [0.5, 0.6) is 5.75 Å². The number of pyridine rings is 1. The molecule has 0 spiro atoms. The summed E-state index contributed by atoms with van der Waals surface area (Å²) in [6, 6.07) is 12.0. The zero-order chi connectivity index (χ0) is 21.4. The molecule has 0 radical (unpaired) electrons. The lowest BCUT2D eigenvalue weighted by atomic mass is 10.0. The fourth-order valence-corrected chi connectivity index (χ4v) is 4.32. The van der Waals surface area contributed by atoms with Crippen molar-refractivity contribution in [2.24, 2.45) is 0 Å². The van der Waals surface area contributed by atoms with Gasteiger partial charge in [-0.25, -0.2) is 4.52 Å². The van der Waals surface area contributed by atoms with E-state index in [1.165, 1.54) is 0 Å². The zero-order valence-electron chi connectivity index (χ0n) is 18.0. The van der Waals surface area contributed by atoms with Gasteiger partial charge in [-0.15, -0.1) is 5.10 Å². The van der Waals surface area contributed by atoms with Crippen molar-refractivity contribution in [2.45, 2.75) is 32.4 Å². The van der Waals surface area contributed by atoms with E-state index in [9.17, 15) is 4.79 Å². The second-order valence-electron chi connectivity index (χ2n) is 8.45. The van der Waals surface area contributed by atoms with E-state index in [1.807, 2.05) is 30.5 Å². The summed E-state index contributed by atoms with van der Waals surface area (Å²) in [6.45, 7) is 8.88. The van der Waals surface area contributed by atoms with Crippen molar-refractivity contribution in [3.8, 4) is 5.75 Å². The Morgan fingerprint density at radius 1 is 1.16 bits per heavy atom. The molecule has 0 aliphatic carbocycles.